The van der Waals surface area contributed by atoms with Crippen molar-refractivity contribution < 1.29 is 27.4 Å². The van der Waals surface area contributed by atoms with Gasteiger partial charge in [0.05, 0.1) is 17.9 Å². The molecule has 1 heterocycles. The molecule has 2 aromatic carbocycles. The number of rotatable bonds is 8. The Morgan fingerprint density at radius 2 is 1.90 bits per heavy atom. The van der Waals surface area contributed by atoms with Gasteiger partial charge in [0.15, 0.2) is 0 Å². The molecule has 0 fully saturated rings. The van der Waals surface area contributed by atoms with Crippen LogP contribution in [0.5, 0.6) is 11.5 Å². The zero-order valence-corrected chi connectivity index (χ0v) is 16.8. The van der Waals surface area contributed by atoms with E-state index in [4.69, 9.17) is 9.47 Å². The summed E-state index contributed by atoms with van der Waals surface area (Å²) in [5, 5.41) is 2.52. The van der Waals surface area contributed by atoms with Crippen molar-refractivity contribution in [3.8, 4) is 11.5 Å². The molecule has 0 aliphatic rings. The number of benzene rings is 2. The van der Waals surface area contributed by atoms with E-state index in [1.807, 2.05) is 13.0 Å². The van der Waals surface area contributed by atoms with Gasteiger partial charge in [0.1, 0.15) is 18.1 Å². The predicted molar refractivity (Wildman–Crippen MR) is 110 cm³/mol. The van der Waals surface area contributed by atoms with Crippen molar-refractivity contribution in [3.05, 3.63) is 83.7 Å². The maximum absolute atomic E-state index is 13.1. The van der Waals surface area contributed by atoms with E-state index in [0.717, 1.165) is 17.7 Å². The first-order valence-electron chi connectivity index (χ1n) is 9.64. The number of aromatic nitrogens is 1. The topological polar surface area (TPSA) is 60.5 Å². The van der Waals surface area contributed by atoms with Crippen LogP contribution in [0.2, 0.25) is 0 Å². The van der Waals surface area contributed by atoms with Gasteiger partial charge in [0.25, 0.3) is 5.91 Å². The first-order chi connectivity index (χ1) is 14.9. The Kier molecular flexibility index (Phi) is 7.12. The molecule has 3 aromatic rings. The van der Waals surface area contributed by atoms with Crippen LogP contribution in [0.4, 0.5) is 18.9 Å². The summed E-state index contributed by atoms with van der Waals surface area (Å²) in [4.78, 5) is 16.7. The third-order valence-electron chi connectivity index (χ3n) is 4.24. The third kappa shape index (κ3) is 6.21. The van der Waals surface area contributed by atoms with Gasteiger partial charge in [-0.05, 0) is 48.9 Å². The molecule has 0 unspecified atom stereocenters. The van der Waals surface area contributed by atoms with Crippen molar-refractivity contribution in [2.45, 2.75) is 26.1 Å². The smallest absolute Gasteiger partial charge is 0.416 e. The second kappa shape index (κ2) is 9.97. The second-order valence-electron chi connectivity index (χ2n) is 6.69. The van der Waals surface area contributed by atoms with Crippen molar-refractivity contribution in [2.24, 2.45) is 0 Å². The fourth-order valence-corrected chi connectivity index (χ4v) is 2.71. The molecule has 0 saturated carbocycles. The molecular weight excluding hydrogens is 409 g/mol. The summed E-state index contributed by atoms with van der Waals surface area (Å²) in [5.74, 6) is 0.0442. The van der Waals surface area contributed by atoms with Crippen molar-refractivity contribution in [1.29, 1.82) is 0 Å². The normalized spacial score (nSPS) is 11.1. The van der Waals surface area contributed by atoms with Gasteiger partial charge in [0, 0.05) is 23.5 Å². The van der Waals surface area contributed by atoms with Gasteiger partial charge >= 0.3 is 6.18 Å². The number of ether oxygens (including phenoxy) is 2. The van der Waals surface area contributed by atoms with Crippen LogP contribution in [0.1, 0.15) is 34.8 Å². The standard InChI is InChI=1S/C23H21F3N2O3/c1-2-11-30-21-9-8-18(23(24,25)26)13-20(21)28-22(29)17-6-3-7-19(12-17)31-15-16-5-4-10-27-14-16/h3-10,12-14H,2,11,15H2,1H3,(H,28,29). The third-order valence-corrected chi connectivity index (χ3v) is 4.24. The van der Waals surface area contributed by atoms with Gasteiger partial charge in [-0.25, -0.2) is 0 Å². The van der Waals surface area contributed by atoms with Crippen molar-refractivity contribution in [2.75, 3.05) is 11.9 Å². The number of hydrogen-bond donors (Lipinski definition) is 1. The van der Waals surface area contributed by atoms with Gasteiger partial charge in [-0.15, -0.1) is 0 Å². The Morgan fingerprint density at radius 3 is 2.61 bits per heavy atom. The highest BCUT2D eigenvalue weighted by Gasteiger charge is 2.31. The lowest BCUT2D eigenvalue weighted by Gasteiger charge is -2.15. The molecule has 0 radical (unpaired) electrons. The van der Waals surface area contributed by atoms with Gasteiger partial charge < -0.3 is 14.8 Å². The summed E-state index contributed by atoms with van der Waals surface area (Å²) < 4.78 is 50.5. The first-order valence-corrected chi connectivity index (χ1v) is 9.64. The summed E-state index contributed by atoms with van der Waals surface area (Å²) in [6.07, 6.45) is -0.545. The molecule has 0 saturated heterocycles. The highest BCUT2D eigenvalue weighted by atomic mass is 19.4. The van der Waals surface area contributed by atoms with Crippen LogP contribution in [0, 0.1) is 0 Å². The van der Waals surface area contributed by atoms with Crippen LogP contribution in [-0.2, 0) is 12.8 Å². The monoisotopic (exact) mass is 430 g/mol. The fourth-order valence-electron chi connectivity index (χ4n) is 2.71. The number of halogens is 3. The molecule has 162 valence electrons. The quantitative estimate of drug-likeness (QED) is 0.497. The zero-order valence-electron chi connectivity index (χ0n) is 16.8. The maximum Gasteiger partial charge on any atom is 0.416 e. The summed E-state index contributed by atoms with van der Waals surface area (Å²) in [7, 11) is 0. The summed E-state index contributed by atoms with van der Waals surface area (Å²) >= 11 is 0. The fraction of sp³-hybridized carbons (Fsp3) is 0.217. The minimum Gasteiger partial charge on any atom is -0.491 e. The molecule has 0 aliphatic heterocycles. The number of carbonyl (C=O) groups is 1. The van der Waals surface area contributed by atoms with Crippen LogP contribution in [0.15, 0.2) is 67.0 Å². The molecule has 31 heavy (non-hydrogen) atoms. The van der Waals surface area contributed by atoms with Crippen LogP contribution in [0.3, 0.4) is 0 Å². The summed E-state index contributed by atoms with van der Waals surface area (Å²) in [6.45, 7) is 2.45. The average Bonchev–Trinajstić information content (AvgIpc) is 2.77. The van der Waals surface area contributed by atoms with E-state index in [9.17, 15) is 18.0 Å². The number of nitrogens with one attached hydrogen (secondary N) is 1. The van der Waals surface area contributed by atoms with Gasteiger partial charge in [0.2, 0.25) is 0 Å². The number of alkyl halides is 3. The Hall–Kier alpha value is -3.55. The number of anilines is 1. The molecule has 3 rings (SSSR count). The lowest BCUT2D eigenvalue weighted by atomic mass is 10.1. The Labute approximate surface area is 177 Å². The minimum absolute atomic E-state index is 0.0463. The second-order valence-corrected chi connectivity index (χ2v) is 6.69. The van der Waals surface area contributed by atoms with E-state index in [1.165, 1.54) is 12.1 Å². The van der Waals surface area contributed by atoms with Gasteiger partial charge in [-0.2, -0.15) is 13.2 Å². The Balaban J connectivity index is 1.77. The number of nitrogens with zero attached hydrogens (tertiary/aromatic N) is 1. The first kappa shape index (κ1) is 22.1. The minimum atomic E-state index is -4.54. The highest BCUT2D eigenvalue weighted by molar-refractivity contribution is 6.05. The van der Waals surface area contributed by atoms with E-state index < -0.39 is 17.6 Å². The van der Waals surface area contributed by atoms with E-state index >= 15 is 0 Å². The van der Waals surface area contributed by atoms with E-state index in [0.29, 0.717) is 18.8 Å². The van der Waals surface area contributed by atoms with Crippen LogP contribution in [-0.4, -0.2) is 17.5 Å². The molecule has 0 aliphatic carbocycles. The highest BCUT2D eigenvalue weighted by Crippen LogP contribution is 2.35. The largest absolute Gasteiger partial charge is 0.491 e. The number of carbonyl (C=O) groups excluding carboxylic acids is 1. The lowest BCUT2D eigenvalue weighted by molar-refractivity contribution is -0.137. The molecule has 0 bridgehead atoms. The molecule has 0 atom stereocenters. The average molecular weight is 430 g/mol. The SMILES string of the molecule is CCCOc1ccc(C(F)(F)F)cc1NC(=O)c1cccc(OCc2cccnc2)c1. The lowest BCUT2D eigenvalue weighted by Crippen LogP contribution is -2.15. The maximum atomic E-state index is 13.1. The molecule has 1 aromatic heterocycles. The number of pyridine rings is 1. The Morgan fingerprint density at radius 1 is 1.06 bits per heavy atom. The zero-order chi connectivity index (χ0) is 22.3. The van der Waals surface area contributed by atoms with Crippen LogP contribution < -0.4 is 14.8 Å². The molecular formula is C23H21F3N2O3. The van der Waals surface area contributed by atoms with E-state index in [2.05, 4.69) is 10.3 Å². The van der Waals surface area contributed by atoms with Crippen molar-refractivity contribution in [1.82, 2.24) is 4.98 Å². The van der Waals surface area contributed by atoms with Crippen LogP contribution in [0.25, 0.3) is 0 Å². The van der Waals surface area contributed by atoms with E-state index in [1.54, 1.807) is 36.7 Å². The van der Waals surface area contributed by atoms with Gasteiger partial charge in [-0.3, -0.25) is 9.78 Å². The van der Waals surface area contributed by atoms with E-state index in [-0.39, 0.29) is 23.6 Å². The van der Waals surface area contributed by atoms with Gasteiger partial charge in [-0.1, -0.05) is 19.1 Å². The predicted octanol–water partition coefficient (Wildman–Crippen LogP) is 5.72. The summed E-state index contributed by atoms with van der Waals surface area (Å²) in [6, 6.07) is 13.0. The Bertz CT molecular complexity index is 1020. The molecule has 8 heteroatoms. The molecule has 0 spiro atoms. The number of hydrogen-bond acceptors (Lipinski definition) is 4. The van der Waals surface area contributed by atoms with Crippen molar-refractivity contribution in [3.63, 3.8) is 0 Å². The molecule has 1 amide bonds. The van der Waals surface area contributed by atoms with Crippen molar-refractivity contribution >= 4 is 11.6 Å². The summed E-state index contributed by atoms with van der Waals surface area (Å²) in [5.41, 5.74) is 0.178. The molecule has 1 N–H and O–H groups in total. The van der Waals surface area contributed by atoms with Crippen LogP contribution >= 0.6 is 0 Å². The number of amides is 1. The molecule has 5 nitrogen and oxygen atoms in total.